The van der Waals surface area contributed by atoms with Gasteiger partial charge in [-0.05, 0) is 29.7 Å². The largest absolute Gasteiger partial charge is 0.482 e. The topological polar surface area (TPSA) is 84.9 Å². The first-order valence-corrected chi connectivity index (χ1v) is 7.51. The number of carboxylic acids is 1. The van der Waals surface area contributed by atoms with Crippen molar-refractivity contribution < 1.29 is 24.2 Å². The van der Waals surface area contributed by atoms with E-state index in [4.69, 9.17) is 14.6 Å². The molecule has 0 saturated carbocycles. The summed E-state index contributed by atoms with van der Waals surface area (Å²) in [5, 5.41) is 11.3. The van der Waals surface area contributed by atoms with Crippen LogP contribution in [0, 0.1) is 0 Å². The third-order valence-electron chi connectivity index (χ3n) is 3.16. The van der Waals surface area contributed by atoms with E-state index in [1.165, 1.54) is 0 Å². The molecule has 2 rings (SSSR count). The fraction of sp³-hybridized carbons (Fsp3) is 0.222. The summed E-state index contributed by atoms with van der Waals surface area (Å²) in [4.78, 5) is 22.1. The van der Waals surface area contributed by atoms with Gasteiger partial charge in [-0.15, -0.1) is 0 Å². The maximum Gasteiger partial charge on any atom is 0.407 e. The molecule has 0 radical (unpaired) electrons. The molecule has 2 aromatic carbocycles. The van der Waals surface area contributed by atoms with E-state index in [0.29, 0.717) is 18.7 Å². The number of nitrogens with one attached hydrogen (secondary N) is 1. The number of hydrogen-bond acceptors (Lipinski definition) is 4. The highest BCUT2D eigenvalue weighted by Crippen LogP contribution is 2.13. The van der Waals surface area contributed by atoms with Crippen molar-refractivity contribution >= 4 is 12.1 Å². The Kier molecular flexibility index (Phi) is 6.64. The second-order valence-electron chi connectivity index (χ2n) is 5.07. The summed E-state index contributed by atoms with van der Waals surface area (Å²) in [5.74, 6) is -0.537. The number of alkyl carbamates (subject to hydrolysis) is 1. The zero-order valence-electron chi connectivity index (χ0n) is 13.1. The van der Waals surface area contributed by atoms with Gasteiger partial charge in [-0.25, -0.2) is 9.59 Å². The first-order chi connectivity index (χ1) is 11.6. The molecule has 0 saturated heterocycles. The molecule has 126 valence electrons. The lowest BCUT2D eigenvalue weighted by Gasteiger charge is -2.08. The highest BCUT2D eigenvalue weighted by atomic mass is 16.5. The Morgan fingerprint density at radius 1 is 1.00 bits per heavy atom. The van der Waals surface area contributed by atoms with Crippen molar-refractivity contribution in [2.45, 2.75) is 13.0 Å². The van der Waals surface area contributed by atoms with Crippen molar-refractivity contribution in [1.82, 2.24) is 5.32 Å². The van der Waals surface area contributed by atoms with Crippen molar-refractivity contribution in [3.63, 3.8) is 0 Å². The molecule has 24 heavy (non-hydrogen) atoms. The molecule has 0 bridgehead atoms. The molecule has 1 amide bonds. The first-order valence-electron chi connectivity index (χ1n) is 7.51. The van der Waals surface area contributed by atoms with E-state index in [-0.39, 0.29) is 13.2 Å². The lowest BCUT2D eigenvalue weighted by Crippen LogP contribution is -2.26. The van der Waals surface area contributed by atoms with Crippen LogP contribution in [0.2, 0.25) is 0 Å². The van der Waals surface area contributed by atoms with Crippen LogP contribution in [0.3, 0.4) is 0 Å². The average molecular weight is 329 g/mol. The van der Waals surface area contributed by atoms with Crippen LogP contribution in [0.15, 0.2) is 54.6 Å². The van der Waals surface area contributed by atoms with Gasteiger partial charge in [0.25, 0.3) is 0 Å². The molecule has 0 aliphatic rings. The number of ether oxygens (including phenoxy) is 2. The minimum absolute atomic E-state index is 0.227. The van der Waals surface area contributed by atoms with Crippen LogP contribution in [-0.2, 0) is 22.6 Å². The van der Waals surface area contributed by atoms with Gasteiger partial charge < -0.3 is 19.9 Å². The average Bonchev–Trinajstić information content (AvgIpc) is 2.59. The number of aliphatic carboxylic acids is 1. The van der Waals surface area contributed by atoms with Gasteiger partial charge >= 0.3 is 12.1 Å². The third-order valence-corrected chi connectivity index (χ3v) is 3.16. The molecular weight excluding hydrogens is 310 g/mol. The van der Waals surface area contributed by atoms with Gasteiger partial charge in [0.15, 0.2) is 6.61 Å². The fourth-order valence-corrected chi connectivity index (χ4v) is 2.02. The monoisotopic (exact) mass is 329 g/mol. The number of rotatable bonds is 8. The minimum atomic E-state index is -1.02. The first kappa shape index (κ1) is 17.3. The Hall–Kier alpha value is -3.02. The molecule has 2 aromatic rings. The van der Waals surface area contributed by atoms with Gasteiger partial charge in [-0.1, -0.05) is 42.5 Å². The number of carboxylic acid groups (broad SMARTS) is 1. The molecular formula is C18H19NO5. The molecule has 0 aromatic heterocycles. The number of carbonyl (C=O) groups excluding carboxylic acids is 1. The molecule has 0 unspecified atom stereocenters. The second-order valence-corrected chi connectivity index (χ2v) is 5.07. The van der Waals surface area contributed by atoms with E-state index in [2.05, 4.69) is 5.32 Å². The minimum Gasteiger partial charge on any atom is -0.482 e. The van der Waals surface area contributed by atoms with Crippen molar-refractivity contribution in [2.75, 3.05) is 13.2 Å². The molecule has 6 nitrogen and oxygen atoms in total. The van der Waals surface area contributed by atoms with Crippen LogP contribution in [0.4, 0.5) is 4.79 Å². The van der Waals surface area contributed by atoms with Gasteiger partial charge in [0, 0.05) is 6.54 Å². The molecule has 0 atom stereocenters. The van der Waals surface area contributed by atoms with Crippen LogP contribution in [0.1, 0.15) is 11.1 Å². The molecule has 0 aliphatic carbocycles. The fourth-order valence-electron chi connectivity index (χ4n) is 2.02. The van der Waals surface area contributed by atoms with Crippen LogP contribution in [0.5, 0.6) is 5.75 Å². The van der Waals surface area contributed by atoms with Crippen LogP contribution < -0.4 is 10.1 Å². The third kappa shape index (κ3) is 6.39. The van der Waals surface area contributed by atoms with Crippen molar-refractivity contribution in [1.29, 1.82) is 0 Å². The quantitative estimate of drug-likeness (QED) is 0.777. The lowest BCUT2D eigenvalue weighted by atomic mass is 10.1. The van der Waals surface area contributed by atoms with Gasteiger partial charge in [0.1, 0.15) is 12.4 Å². The summed E-state index contributed by atoms with van der Waals surface area (Å²) in [6, 6.07) is 16.5. The van der Waals surface area contributed by atoms with Gasteiger partial charge in [0.2, 0.25) is 0 Å². The normalized spacial score (nSPS) is 10.0. The highest BCUT2D eigenvalue weighted by molar-refractivity contribution is 5.68. The summed E-state index contributed by atoms with van der Waals surface area (Å²) in [7, 11) is 0. The molecule has 0 spiro atoms. The van der Waals surface area contributed by atoms with E-state index in [1.807, 2.05) is 36.4 Å². The number of hydrogen-bond donors (Lipinski definition) is 2. The molecule has 2 N–H and O–H groups in total. The number of amides is 1. The Balaban J connectivity index is 1.70. The van der Waals surface area contributed by atoms with E-state index in [9.17, 15) is 9.59 Å². The van der Waals surface area contributed by atoms with Crippen molar-refractivity contribution in [2.24, 2.45) is 0 Å². The molecule has 0 heterocycles. The summed E-state index contributed by atoms with van der Waals surface area (Å²) in [5.41, 5.74) is 1.86. The Bertz CT molecular complexity index is 672. The van der Waals surface area contributed by atoms with E-state index < -0.39 is 12.1 Å². The van der Waals surface area contributed by atoms with E-state index in [0.717, 1.165) is 11.1 Å². The Labute approximate surface area is 140 Å². The van der Waals surface area contributed by atoms with Crippen molar-refractivity contribution in [3.05, 3.63) is 65.7 Å². The van der Waals surface area contributed by atoms with Crippen LogP contribution in [-0.4, -0.2) is 30.3 Å². The lowest BCUT2D eigenvalue weighted by molar-refractivity contribution is -0.139. The summed E-state index contributed by atoms with van der Waals surface area (Å²) in [6.45, 7) is 0.259. The zero-order chi connectivity index (χ0) is 17.2. The van der Waals surface area contributed by atoms with Crippen molar-refractivity contribution in [3.8, 4) is 5.75 Å². The zero-order valence-corrected chi connectivity index (χ0v) is 13.1. The van der Waals surface area contributed by atoms with E-state index >= 15 is 0 Å². The maximum absolute atomic E-state index is 11.6. The summed E-state index contributed by atoms with van der Waals surface area (Å²) in [6.07, 6.45) is 0.113. The molecule has 6 heteroatoms. The Morgan fingerprint density at radius 3 is 2.50 bits per heavy atom. The number of carbonyl (C=O) groups is 2. The van der Waals surface area contributed by atoms with Gasteiger partial charge in [-0.3, -0.25) is 0 Å². The van der Waals surface area contributed by atoms with Gasteiger partial charge in [0.05, 0.1) is 0 Å². The Morgan fingerprint density at radius 2 is 1.75 bits per heavy atom. The highest BCUT2D eigenvalue weighted by Gasteiger charge is 2.04. The second kappa shape index (κ2) is 9.19. The molecule has 0 aliphatic heterocycles. The number of benzene rings is 2. The summed E-state index contributed by atoms with van der Waals surface area (Å²) < 4.78 is 10.2. The SMILES string of the molecule is O=C(O)COc1cccc(CCNC(=O)OCc2ccccc2)c1. The molecule has 0 fully saturated rings. The van der Waals surface area contributed by atoms with Crippen LogP contribution in [0.25, 0.3) is 0 Å². The van der Waals surface area contributed by atoms with E-state index in [1.54, 1.807) is 18.2 Å². The maximum atomic E-state index is 11.6. The van der Waals surface area contributed by atoms with Crippen LogP contribution >= 0.6 is 0 Å². The smallest absolute Gasteiger partial charge is 0.407 e. The summed E-state index contributed by atoms with van der Waals surface area (Å²) >= 11 is 0. The predicted molar refractivity (Wildman–Crippen MR) is 87.9 cm³/mol. The van der Waals surface area contributed by atoms with Gasteiger partial charge in [-0.2, -0.15) is 0 Å². The standard InChI is InChI=1S/C18H19NO5/c20-17(21)13-23-16-8-4-7-14(11-16)9-10-19-18(22)24-12-15-5-2-1-3-6-15/h1-8,11H,9-10,12-13H2,(H,19,22)(H,20,21). The predicted octanol–water partition coefficient (Wildman–Crippen LogP) is 2.62.